The first-order valence-electron chi connectivity index (χ1n) is 6.47. The number of aromatic nitrogens is 1. The van der Waals surface area contributed by atoms with Crippen molar-refractivity contribution in [1.29, 1.82) is 0 Å². The minimum absolute atomic E-state index is 0.00498. The highest BCUT2D eigenvalue weighted by Gasteiger charge is 2.11. The summed E-state index contributed by atoms with van der Waals surface area (Å²) in [6.07, 6.45) is 2.89. The van der Waals surface area contributed by atoms with E-state index in [0.717, 1.165) is 6.42 Å². The number of pyridine rings is 1. The zero-order chi connectivity index (χ0) is 15.1. The molecule has 1 rings (SSSR count). The smallest absolute Gasteiger partial charge is 0.303 e. The molecule has 0 fully saturated rings. The summed E-state index contributed by atoms with van der Waals surface area (Å²) in [6, 6.07) is 1.64. The van der Waals surface area contributed by atoms with Gasteiger partial charge in [-0.3, -0.25) is 14.9 Å². The van der Waals surface area contributed by atoms with Gasteiger partial charge >= 0.3 is 5.97 Å². The molecule has 7 nitrogen and oxygen atoms in total. The molecular weight excluding hydrogens is 262 g/mol. The van der Waals surface area contributed by atoms with Crippen LogP contribution in [0.25, 0.3) is 0 Å². The van der Waals surface area contributed by atoms with Crippen LogP contribution in [0.5, 0.6) is 0 Å². The molecule has 0 aliphatic heterocycles. The van der Waals surface area contributed by atoms with Gasteiger partial charge in [0.05, 0.1) is 4.92 Å². The Morgan fingerprint density at radius 3 is 2.80 bits per heavy atom. The Labute approximate surface area is 117 Å². The molecule has 1 atom stereocenters. The third kappa shape index (κ3) is 5.21. The van der Waals surface area contributed by atoms with Gasteiger partial charge in [-0.25, -0.2) is 4.98 Å². The SMILES string of the molecule is Cc1cc(NCCC(C)CCC(=O)O)ncc1[N+](=O)[O-]. The van der Waals surface area contributed by atoms with Gasteiger partial charge in [0.25, 0.3) is 5.69 Å². The second-order valence-electron chi connectivity index (χ2n) is 4.87. The Bertz CT molecular complexity index is 491. The maximum atomic E-state index is 10.7. The van der Waals surface area contributed by atoms with Crippen LogP contribution in [0.2, 0.25) is 0 Å². The molecule has 1 unspecified atom stereocenters. The summed E-state index contributed by atoms with van der Waals surface area (Å²) in [5.74, 6) is 0.119. The van der Waals surface area contributed by atoms with Gasteiger partial charge in [-0.15, -0.1) is 0 Å². The molecule has 0 saturated heterocycles. The molecule has 0 radical (unpaired) electrons. The van der Waals surface area contributed by atoms with Gasteiger partial charge < -0.3 is 10.4 Å². The average molecular weight is 281 g/mol. The highest BCUT2D eigenvalue weighted by atomic mass is 16.6. The molecule has 0 aliphatic carbocycles. The summed E-state index contributed by atoms with van der Waals surface area (Å²) in [5, 5.41) is 22.3. The lowest BCUT2D eigenvalue weighted by atomic mass is 10.0. The topological polar surface area (TPSA) is 105 Å². The minimum atomic E-state index is -0.780. The summed E-state index contributed by atoms with van der Waals surface area (Å²) in [6.45, 7) is 4.32. The summed E-state index contributed by atoms with van der Waals surface area (Å²) in [7, 11) is 0. The van der Waals surface area contributed by atoms with E-state index in [0.29, 0.717) is 30.3 Å². The van der Waals surface area contributed by atoms with Crippen molar-refractivity contribution < 1.29 is 14.8 Å². The number of rotatable bonds is 8. The average Bonchev–Trinajstić information content (AvgIpc) is 2.36. The molecule has 7 heteroatoms. The van der Waals surface area contributed by atoms with E-state index in [9.17, 15) is 14.9 Å². The lowest BCUT2D eigenvalue weighted by molar-refractivity contribution is -0.385. The number of aliphatic carboxylic acids is 1. The number of hydrogen-bond acceptors (Lipinski definition) is 5. The van der Waals surface area contributed by atoms with Gasteiger partial charge in [-0.1, -0.05) is 6.92 Å². The molecule has 0 bridgehead atoms. The van der Waals surface area contributed by atoms with Gasteiger partial charge in [0.1, 0.15) is 12.0 Å². The van der Waals surface area contributed by atoms with Crippen LogP contribution in [0.1, 0.15) is 31.7 Å². The van der Waals surface area contributed by atoms with E-state index in [2.05, 4.69) is 10.3 Å². The van der Waals surface area contributed by atoms with Crippen molar-refractivity contribution in [1.82, 2.24) is 4.98 Å². The quantitative estimate of drug-likeness (QED) is 0.560. The number of carboxylic acid groups (broad SMARTS) is 1. The maximum Gasteiger partial charge on any atom is 0.303 e. The first kappa shape index (κ1) is 15.9. The van der Waals surface area contributed by atoms with E-state index in [-0.39, 0.29) is 12.1 Å². The zero-order valence-electron chi connectivity index (χ0n) is 11.6. The molecule has 1 aromatic rings. The molecule has 0 spiro atoms. The Morgan fingerprint density at radius 1 is 1.55 bits per heavy atom. The van der Waals surface area contributed by atoms with Crippen molar-refractivity contribution in [3.63, 3.8) is 0 Å². The third-order valence-corrected chi connectivity index (χ3v) is 3.07. The van der Waals surface area contributed by atoms with E-state index in [1.54, 1.807) is 13.0 Å². The van der Waals surface area contributed by atoms with Crippen molar-refractivity contribution >= 4 is 17.5 Å². The standard InChI is InChI=1S/C13H19N3O4/c1-9(3-4-13(17)18)5-6-14-12-7-10(2)11(8-15-12)16(19)20/h7-9H,3-6H2,1-2H3,(H,14,15)(H,17,18). The monoisotopic (exact) mass is 281 g/mol. The number of nitrogens with one attached hydrogen (secondary N) is 1. The van der Waals surface area contributed by atoms with E-state index in [1.807, 2.05) is 6.92 Å². The van der Waals surface area contributed by atoms with Crippen LogP contribution < -0.4 is 5.32 Å². The van der Waals surface area contributed by atoms with Crippen LogP contribution in [0.4, 0.5) is 11.5 Å². The van der Waals surface area contributed by atoms with Gasteiger partial charge in [0, 0.05) is 18.5 Å². The Hall–Kier alpha value is -2.18. The molecular formula is C13H19N3O4. The highest BCUT2D eigenvalue weighted by Crippen LogP contribution is 2.19. The molecule has 2 N–H and O–H groups in total. The number of hydrogen-bond donors (Lipinski definition) is 2. The number of anilines is 1. The molecule has 0 aromatic carbocycles. The number of nitro groups is 1. The third-order valence-electron chi connectivity index (χ3n) is 3.07. The Morgan fingerprint density at radius 2 is 2.25 bits per heavy atom. The van der Waals surface area contributed by atoms with Crippen molar-refractivity contribution in [3.05, 3.63) is 27.9 Å². The minimum Gasteiger partial charge on any atom is -0.481 e. The van der Waals surface area contributed by atoms with Crippen LogP contribution in [-0.2, 0) is 4.79 Å². The van der Waals surface area contributed by atoms with Crippen molar-refractivity contribution in [3.8, 4) is 0 Å². The first-order valence-corrected chi connectivity index (χ1v) is 6.47. The largest absolute Gasteiger partial charge is 0.481 e. The predicted molar refractivity (Wildman–Crippen MR) is 74.8 cm³/mol. The lowest BCUT2D eigenvalue weighted by Gasteiger charge is -2.11. The van der Waals surface area contributed by atoms with Gasteiger partial charge in [0.2, 0.25) is 0 Å². The zero-order valence-corrected chi connectivity index (χ0v) is 11.6. The van der Waals surface area contributed by atoms with Gasteiger partial charge in [-0.05, 0) is 31.7 Å². The highest BCUT2D eigenvalue weighted by molar-refractivity contribution is 5.66. The second kappa shape index (κ2) is 7.42. The summed E-state index contributed by atoms with van der Waals surface area (Å²) in [4.78, 5) is 24.6. The normalized spacial score (nSPS) is 11.9. The molecule has 0 saturated carbocycles. The van der Waals surface area contributed by atoms with Crippen LogP contribution in [0.15, 0.2) is 12.3 Å². The lowest BCUT2D eigenvalue weighted by Crippen LogP contribution is -2.09. The summed E-state index contributed by atoms with van der Waals surface area (Å²) >= 11 is 0. The predicted octanol–water partition coefficient (Wildman–Crippen LogP) is 2.60. The number of carbonyl (C=O) groups is 1. The van der Waals surface area contributed by atoms with Crippen LogP contribution in [0, 0.1) is 23.0 Å². The van der Waals surface area contributed by atoms with E-state index in [4.69, 9.17) is 5.11 Å². The number of aryl methyl sites for hydroxylation is 1. The van der Waals surface area contributed by atoms with E-state index >= 15 is 0 Å². The fraction of sp³-hybridized carbons (Fsp3) is 0.538. The molecule has 1 aromatic heterocycles. The van der Waals surface area contributed by atoms with Crippen LogP contribution in [-0.4, -0.2) is 27.5 Å². The van der Waals surface area contributed by atoms with Crippen molar-refractivity contribution in [2.24, 2.45) is 5.92 Å². The maximum absolute atomic E-state index is 10.7. The van der Waals surface area contributed by atoms with Gasteiger partial charge in [-0.2, -0.15) is 0 Å². The Balaban J connectivity index is 2.41. The molecule has 20 heavy (non-hydrogen) atoms. The Kier molecular flexibility index (Phi) is 5.89. The van der Waals surface area contributed by atoms with Crippen LogP contribution >= 0.6 is 0 Å². The summed E-state index contributed by atoms with van der Waals surface area (Å²) < 4.78 is 0. The fourth-order valence-corrected chi connectivity index (χ4v) is 1.80. The second-order valence-corrected chi connectivity index (χ2v) is 4.87. The van der Waals surface area contributed by atoms with E-state index in [1.165, 1.54) is 6.20 Å². The molecule has 110 valence electrons. The van der Waals surface area contributed by atoms with E-state index < -0.39 is 10.9 Å². The first-order chi connectivity index (χ1) is 9.40. The molecule has 0 amide bonds. The fourth-order valence-electron chi connectivity index (χ4n) is 1.80. The summed E-state index contributed by atoms with van der Waals surface area (Å²) in [5.41, 5.74) is 0.566. The van der Waals surface area contributed by atoms with Crippen molar-refractivity contribution in [2.45, 2.75) is 33.1 Å². The van der Waals surface area contributed by atoms with Gasteiger partial charge in [0.15, 0.2) is 0 Å². The van der Waals surface area contributed by atoms with Crippen molar-refractivity contribution in [2.75, 3.05) is 11.9 Å². The molecule has 0 aliphatic rings. The number of carboxylic acids is 1. The molecule has 1 heterocycles. The number of nitrogens with zero attached hydrogens (tertiary/aromatic N) is 2. The van der Waals surface area contributed by atoms with Crippen LogP contribution in [0.3, 0.4) is 0 Å².